The number of aliphatic hydroxyl groups is 1. The minimum Gasteiger partial charge on any atom is -0.390 e. The van der Waals surface area contributed by atoms with Crippen molar-refractivity contribution in [1.82, 2.24) is 4.90 Å². The zero-order valence-corrected chi connectivity index (χ0v) is 12.1. The number of nitrogens with zero attached hydrogens (tertiary/aromatic N) is 2. The Labute approximate surface area is 122 Å². The number of hydrogen-bond acceptors (Lipinski definition) is 5. The molecular weight excluding hydrogens is 274 g/mol. The fraction of sp³-hybridized carbons (Fsp3) is 0.500. The molecule has 0 spiro atoms. The summed E-state index contributed by atoms with van der Waals surface area (Å²) in [5.41, 5.74) is -0.0109. The molecule has 1 amide bonds. The van der Waals surface area contributed by atoms with Crippen molar-refractivity contribution in [3.05, 3.63) is 33.9 Å². The van der Waals surface area contributed by atoms with Crippen molar-refractivity contribution in [2.24, 2.45) is 0 Å². The van der Waals surface area contributed by atoms with Gasteiger partial charge < -0.3 is 15.3 Å². The molecule has 0 unspecified atom stereocenters. The van der Waals surface area contributed by atoms with E-state index in [-0.39, 0.29) is 17.2 Å². The molecule has 1 saturated heterocycles. The Bertz CT molecular complexity index is 561. The summed E-state index contributed by atoms with van der Waals surface area (Å²) < 4.78 is 0. The maximum atomic E-state index is 12.5. The molecule has 2 N–H and O–H groups in total. The topological polar surface area (TPSA) is 95.7 Å². The van der Waals surface area contributed by atoms with Gasteiger partial charge in [0.25, 0.3) is 11.6 Å². The molecule has 0 bridgehead atoms. The van der Waals surface area contributed by atoms with Crippen LogP contribution in [0.1, 0.15) is 30.1 Å². The number of non-ortho nitro benzene ring substituents is 1. The molecule has 1 aromatic rings. The largest absolute Gasteiger partial charge is 0.390 e. The van der Waals surface area contributed by atoms with Gasteiger partial charge in [-0.05, 0) is 25.8 Å². The Balaban J connectivity index is 2.26. The van der Waals surface area contributed by atoms with E-state index in [2.05, 4.69) is 5.32 Å². The molecule has 0 saturated carbocycles. The molecule has 1 aliphatic rings. The molecule has 1 fully saturated rings. The van der Waals surface area contributed by atoms with Gasteiger partial charge in [0.2, 0.25) is 0 Å². The summed E-state index contributed by atoms with van der Waals surface area (Å²) in [5.74, 6) is -0.251. The Hall–Kier alpha value is -2.15. The van der Waals surface area contributed by atoms with Crippen LogP contribution >= 0.6 is 0 Å². The van der Waals surface area contributed by atoms with Gasteiger partial charge in [0, 0.05) is 38.0 Å². The average molecular weight is 293 g/mol. The number of nitro groups is 1. The van der Waals surface area contributed by atoms with Crippen molar-refractivity contribution < 1.29 is 14.8 Å². The summed E-state index contributed by atoms with van der Waals surface area (Å²) in [7, 11) is 1.67. The van der Waals surface area contributed by atoms with Crippen LogP contribution in [0.3, 0.4) is 0 Å². The number of amides is 1. The minimum absolute atomic E-state index is 0.110. The van der Waals surface area contributed by atoms with E-state index in [1.54, 1.807) is 18.9 Å². The first kappa shape index (κ1) is 15.2. The Morgan fingerprint density at radius 3 is 2.57 bits per heavy atom. The Morgan fingerprint density at radius 2 is 2.05 bits per heavy atom. The lowest BCUT2D eigenvalue weighted by Gasteiger charge is -2.36. The number of benzene rings is 1. The highest BCUT2D eigenvalue weighted by atomic mass is 16.6. The minimum atomic E-state index is -0.745. The first-order valence-corrected chi connectivity index (χ1v) is 6.82. The van der Waals surface area contributed by atoms with Crippen LogP contribution < -0.4 is 5.32 Å². The third kappa shape index (κ3) is 3.30. The first-order valence-electron chi connectivity index (χ1n) is 6.82. The van der Waals surface area contributed by atoms with Crippen LogP contribution in [-0.2, 0) is 0 Å². The summed E-state index contributed by atoms with van der Waals surface area (Å²) in [4.78, 5) is 24.5. The highest BCUT2D eigenvalue weighted by Crippen LogP contribution is 2.27. The molecule has 114 valence electrons. The van der Waals surface area contributed by atoms with Crippen molar-refractivity contribution in [2.45, 2.75) is 25.4 Å². The van der Waals surface area contributed by atoms with Gasteiger partial charge in [0.05, 0.1) is 16.1 Å². The number of anilines is 1. The maximum absolute atomic E-state index is 12.5. The Kier molecular flexibility index (Phi) is 4.13. The average Bonchev–Trinajstić information content (AvgIpc) is 2.45. The van der Waals surface area contributed by atoms with E-state index in [0.29, 0.717) is 31.6 Å². The zero-order chi connectivity index (χ0) is 15.6. The SMILES string of the molecule is CNc1ccc([N+](=O)[O-])cc1C(=O)N1CCC(C)(O)CC1. The van der Waals surface area contributed by atoms with Gasteiger partial charge in [-0.15, -0.1) is 0 Å². The van der Waals surface area contributed by atoms with Crippen molar-refractivity contribution in [2.75, 3.05) is 25.5 Å². The van der Waals surface area contributed by atoms with Crippen LogP contribution in [-0.4, -0.2) is 46.6 Å². The lowest BCUT2D eigenvalue weighted by atomic mass is 9.93. The third-order valence-corrected chi connectivity index (χ3v) is 3.84. The van der Waals surface area contributed by atoms with Gasteiger partial charge in [-0.2, -0.15) is 0 Å². The number of hydrogen-bond donors (Lipinski definition) is 2. The summed E-state index contributed by atoms with van der Waals surface area (Å²) in [6.45, 7) is 2.64. The second-order valence-corrected chi connectivity index (χ2v) is 5.53. The van der Waals surface area contributed by atoms with Gasteiger partial charge in [0.1, 0.15) is 0 Å². The first-order chi connectivity index (χ1) is 9.84. The monoisotopic (exact) mass is 293 g/mol. The number of nitrogens with one attached hydrogen (secondary N) is 1. The van der Waals surface area contributed by atoms with Crippen molar-refractivity contribution >= 4 is 17.3 Å². The predicted molar refractivity (Wildman–Crippen MR) is 78.4 cm³/mol. The lowest BCUT2D eigenvalue weighted by Crippen LogP contribution is -2.45. The van der Waals surface area contributed by atoms with Crippen LogP contribution in [0, 0.1) is 10.1 Å². The van der Waals surface area contributed by atoms with E-state index in [4.69, 9.17) is 0 Å². The molecule has 1 aromatic carbocycles. The summed E-state index contributed by atoms with van der Waals surface area (Å²) in [5, 5.41) is 23.7. The molecule has 0 radical (unpaired) electrons. The number of carbonyl (C=O) groups is 1. The summed E-state index contributed by atoms with van der Waals surface area (Å²) in [6.07, 6.45) is 1.01. The zero-order valence-electron chi connectivity index (χ0n) is 12.1. The predicted octanol–water partition coefficient (Wildman–Crippen LogP) is 1.62. The van der Waals surface area contributed by atoms with Crippen molar-refractivity contribution in [1.29, 1.82) is 0 Å². The highest BCUT2D eigenvalue weighted by Gasteiger charge is 2.31. The maximum Gasteiger partial charge on any atom is 0.270 e. The lowest BCUT2D eigenvalue weighted by molar-refractivity contribution is -0.384. The molecule has 21 heavy (non-hydrogen) atoms. The van der Waals surface area contributed by atoms with Crippen LogP contribution in [0.2, 0.25) is 0 Å². The highest BCUT2D eigenvalue weighted by molar-refractivity contribution is 6.00. The van der Waals surface area contributed by atoms with Gasteiger partial charge in [-0.1, -0.05) is 0 Å². The van der Waals surface area contributed by atoms with Crippen LogP contribution in [0.4, 0.5) is 11.4 Å². The van der Waals surface area contributed by atoms with E-state index in [1.807, 2.05) is 0 Å². The quantitative estimate of drug-likeness (QED) is 0.652. The van der Waals surface area contributed by atoms with E-state index in [9.17, 15) is 20.0 Å². The van der Waals surface area contributed by atoms with Crippen LogP contribution in [0.25, 0.3) is 0 Å². The molecule has 1 heterocycles. The second-order valence-electron chi connectivity index (χ2n) is 5.53. The van der Waals surface area contributed by atoms with E-state index in [1.165, 1.54) is 18.2 Å². The molecular formula is C14H19N3O4. The Morgan fingerprint density at radius 1 is 1.43 bits per heavy atom. The molecule has 7 heteroatoms. The number of likely N-dealkylation sites (tertiary alicyclic amines) is 1. The van der Waals surface area contributed by atoms with Crippen LogP contribution in [0.5, 0.6) is 0 Å². The molecule has 2 rings (SSSR count). The number of carbonyl (C=O) groups excluding carboxylic acids is 1. The van der Waals surface area contributed by atoms with Crippen molar-refractivity contribution in [3.8, 4) is 0 Å². The fourth-order valence-corrected chi connectivity index (χ4v) is 2.40. The van der Waals surface area contributed by atoms with Gasteiger partial charge in [0.15, 0.2) is 0 Å². The number of piperidine rings is 1. The molecule has 0 atom stereocenters. The van der Waals surface area contributed by atoms with Gasteiger partial charge >= 0.3 is 0 Å². The second kappa shape index (κ2) is 5.69. The molecule has 0 aromatic heterocycles. The summed E-state index contributed by atoms with van der Waals surface area (Å²) >= 11 is 0. The van der Waals surface area contributed by atoms with E-state index < -0.39 is 10.5 Å². The normalized spacial score (nSPS) is 17.4. The molecule has 7 nitrogen and oxygen atoms in total. The third-order valence-electron chi connectivity index (χ3n) is 3.84. The number of rotatable bonds is 3. The van der Waals surface area contributed by atoms with E-state index in [0.717, 1.165) is 0 Å². The fourth-order valence-electron chi connectivity index (χ4n) is 2.40. The van der Waals surface area contributed by atoms with E-state index >= 15 is 0 Å². The van der Waals surface area contributed by atoms with Gasteiger partial charge in [-0.3, -0.25) is 14.9 Å². The standard InChI is InChI=1S/C14H19N3O4/c1-14(19)5-7-16(8-6-14)13(18)11-9-10(17(20)21)3-4-12(11)15-2/h3-4,9,15,19H,5-8H2,1-2H3. The summed E-state index contributed by atoms with van der Waals surface area (Å²) in [6, 6.07) is 4.19. The van der Waals surface area contributed by atoms with Crippen molar-refractivity contribution in [3.63, 3.8) is 0 Å². The van der Waals surface area contributed by atoms with Crippen LogP contribution in [0.15, 0.2) is 18.2 Å². The number of nitro benzene ring substituents is 1. The molecule has 0 aliphatic carbocycles. The van der Waals surface area contributed by atoms with Gasteiger partial charge in [-0.25, -0.2) is 0 Å². The molecule has 1 aliphatic heterocycles. The smallest absolute Gasteiger partial charge is 0.270 e.